The van der Waals surface area contributed by atoms with E-state index in [4.69, 9.17) is 27.6 Å². The number of nitrogens with one attached hydrogen (secondary N) is 1. The molecule has 0 fully saturated rings. The van der Waals surface area contributed by atoms with E-state index in [2.05, 4.69) is 31.1 Å². The molecule has 0 saturated carbocycles. The van der Waals surface area contributed by atoms with Gasteiger partial charge in [-0.2, -0.15) is 0 Å². The van der Waals surface area contributed by atoms with Crippen molar-refractivity contribution in [1.82, 2.24) is 10.3 Å². The van der Waals surface area contributed by atoms with Crippen LogP contribution < -0.4 is 5.32 Å². The number of halogens is 2. The Bertz CT molecular complexity index is 543. The molecule has 0 atom stereocenters. The van der Waals surface area contributed by atoms with Crippen LogP contribution in [0.25, 0.3) is 11.1 Å². The molecule has 1 aromatic carbocycles. The fourth-order valence-electron chi connectivity index (χ4n) is 1.42. The van der Waals surface area contributed by atoms with Crippen molar-refractivity contribution in [3.05, 3.63) is 28.1 Å². The van der Waals surface area contributed by atoms with E-state index in [1.807, 2.05) is 0 Å². The third kappa shape index (κ3) is 3.12. The maximum atomic E-state index is 6.03. The Balaban J connectivity index is 2.29. The van der Waals surface area contributed by atoms with Gasteiger partial charge in [0, 0.05) is 10.6 Å². The average Bonchev–Trinajstić information content (AvgIpc) is 2.56. The van der Waals surface area contributed by atoms with Crippen LogP contribution in [-0.2, 0) is 6.54 Å². The van der Waals surface area contributed by atoms with Crippen molar-refractivity contribution in [2.24, 2.45) is 0 Å². The van der Waals surface area contributed by atoms with E-state index < -0.39 is 0 Å². The lowest BCUT2D eigenvalue weighted by atomic mass is 10.1. The van der Waals surface area contributed by atoms with Gasteiger partial charge in [-0.3, -0.25) is 0 Å². The smallest absolute Gasteiger partial charge is 0.209 e. The van der Waals surface area contributed by atoms with E-state index in [1.54, 1.807) is 12.1 Å². The van der Waals surface area contributed by atoms with Crippen LogP contribution in [0, 0.1) is 0 Å². The van der Waals surface area contributed by atoms with Crippen LogP contribution in [0.2, 0.25) is 10.0 Å². The normalized spacial score (nSPS) is 12.3. The molecule has 3 nitrogen and oxygen atoms in total. The molecular formula is C12H14Cl2N2O. The van der Waals surface area contributed by atoms with Crippen molar-refractivity contribution in [3.63, 3.8) is 0 Å². The zero-order valence-electron chi connectivity index (χ0n) is 9.97. The summed E-state index contributed by atoms with van der Waals surface area (Å²) in [4.78, 5) is 4.34. The number of nitrogens with zero attached hydrogens (tertiary/aromatic N) is 1. The number of rotatable bonds is 2. The van der Waals surface area contributed by atoms with Crippen LogP contribution in [0.3, 0.4) is 0 Å². The van der Waals surface area contributed by atoms with Gasteiger partial charge in [-0.05, 0) is 32.9 Å². The fraction of sp³-hybridized carbons (Fsp3) is 0.417. The van der Waals surface area contributed by atoms with Gasteiger partial charge >= 0.3 is 0 Å². The first-order valence-electron chi connectivity index (χ1n) is 5.35. The summed E-state index contributed by atoms with van der Waals surface area (Å²) in [5, 5.41) is 4.35. The van der Waals surface area contributed by atoms with E-state index in [-0.39, 0.29) is 5.54 Å². The Morgan fingerprint density at radius 1 is 1.29 bits per heavy atom. The fourth-order valence-corrected chi connectivity index (χ4v) is 1.94. The minimum Gasteiger partial charge on any atom is -0.438 e. The Hall–Kier alpha value is -0.770. The second-order valence-electron chi connectivity index (χ2n) is 4.95. The molecule has 0 aliphatic rings. The van der Waals surface area contributed by atoms with Gasteiger partial charge < -0.3 is 9.73 Å². The molecule has 1 aromatic heterocycles. The molecule has 0 aliphatic heterocycles. The van der Waals surface area contributed by atoms with Gasteiger partial charge in [-0.1, -0.05) is 23.2 Å². The largest absolute Gasteiger partial charge is 0.438 e. The number of benzene rings is 1. The van der Waals surface area contributed by atoms with Crippen LogP contribution in [0.1, 0.15) is 26.7 Å². The molecule has 0 saturated heterocycles. The lowest BCUT2D eigenvalue weighted by Crippen LogP contribution is -2.35. The minimum absolute atomic E-state index is 0.0160. The number of hydrogen-bond acceptors (Lipinski definition) is 3. The first-order chi connectivity index (χ1) is 7.85. The quantitative estimate of drug-likeness (QED) is 0.897. The van der Waals surface area contributed by atoms with Gasteiger partial charge in [0.2, 0.25) is 5.89 Å². The van der Waals surface area contributed by atoms with Gasteiger partial charge in [0.15, 0.2) is 5.58 Å². The predicted molar refractivity (Wildman–Crippen MR) is 70.6 cm³/mol. The summed E-state index contributed by atoms with van der Waals surface area (Å²) in [6.45, 7) is 6.81. The highest BCUT2D eigenvalue weighted by Gasteiger charge is 2.13. The topological polar surface area (TPSA) is 38.1 Å². The molecule has 0 unspecified atom stereocenters. The van der Waals surface area contributed by atoms with Crippen LogP contribution in [-0.4, -0.2) is 10.5 Å². The summed E-state index contributed by atoms with van der Waals surface area (Å²) < 4.78 is 5.59. The standard InChI is InChI=1S/C12H14Cl2N2O/c1-12(2,3)15-6-10-16-9-5-7(13)4-8(14)11(9)17-10/h4-5,15H,6H2,1-3H3. The predicted octanol–water partition coefficient (Wildman–Crippen LogP) is 4.02. The Morgan fingerprint density at radius 3 is 2.65 bits per heavy atom. The van der Waals surface area contributed by atoms with Crippen molar-refractivity contribution < 1.29 is 4.42 Å². The van der Waals surface area contributed by atoms with Gasteiger partial charge in [0.05, 0.1) is 11.6 Å². The number of oxazole rings is 1. The monoisotopic (exact) mass is 272 g/mol. The highest BCUT2D eigenvalue weighted by Crippen LogP contribution is 2.28. The van der Waals surface area contributed by atoms with Gasteiger partial charge in [-0.15, -0.1) is 0 Å². The first-order valence-corrected chi connectivity index (χ1v) is 6.10. The Morgan fingerprint density at radius 2 is 2.00 bits per heavy atom. The lowest BCUT2D eigenvalue weighted by molar-refractivity contribution is 0.388. The molecule has 1 N–H and O–H groups in total. The first kappa shape index (κ1) is 12.7. The second-order valence-corrected chi connectivity index (χ2v) is 5.79. The summed E-state index contributed by atoms with van der Waals surface area (Å²) in [7, 11) is 0. The van der Waals surface area contributed by atoms with Crippen molar-refractivity contribution >= 4 is 34.3 Å². The van der Waals surface area contributed by atoms with Crippen LogP contribution in [0.15, 0.2) is 16.5 Å². The maximum Gasteiger partial charge on any atom is 0.209 e. The van der Waals surface area contributed by atoms with Crippen molar-refractivity contribution in [1.29, 1.82) is 0 Å². The maximum absolute atomic E-state index is 6.03. The molecule has 0 bridgehead atoms. The molecule has 92 valence electrons. The third-order valence-electron chi connectivity index (χ3n) is 2.22. The van der Waals surface area contributed by atoms with Crippen molar-refractivity contribution in [2.75, 3.05) is 0 Å². The van der Waals surface area contributed by atoms with Crippen molar-refractivity contribution in [3.8, 4) is 0 Å². The molecule has 0 aliphatic carbocycles. The highest BCUT2D eigenvalue weighted by molar-refractivity contribution is 6.37. The molecule has 1 heterocycles. The zero-order chi connectivity index (χ0) is 12.6. The summed E-state index contributed by atoms with van der Waals surface area (Å²) >= 11 is 11.9. The minimum atomic E-state index is 0.0160. The Kier molecular flexibility index (Phi) is 3.34. The van der Waals surface area contributed by atoms with E-state index >= 15 is 0 Å². The van der Waals surface area contributed by atoms with Crippen LogP contribution >= 0.6 is 23.2 Å². The van der Waals surface area contributed by atoms with E-state index in [0.717, 1.165) is 0 Å². The number of fused-ring (bicyclic) bond motifs is 1. The highest BCUT2D eigenvalue weighted by atomic mass is 35.5. The van der Waals surface area contributed by atoms with Crippen LogP contribution in [0.4, 0.5) is 0 Å². The molecule has 5 heteroatoms. The SMILES string of the molecule is CC(C)(C)NCc1nc2cc(Cl)cc(Cl)c2o1. The third-order valence-corrected chi connectivity index (χ3v) is 2.72. The van der Waals surface area contributed by atoms with Crippen molar-refractivity contribution in [2.45, 2.75) is 32.9 Å². The number of hydrogen-bond donors (Lipinski definition) is 1. The lowest BCUT2D eigenvalue weighted by Gasteiger charge is -2.18. The van der Waals surface area contributed by atoms with Gasteiger partial charge in [-0.25, -0.2) is 4.98 Å². The van der Waals surface area contributed by atoms with Gasteiger partial charge in [0.25, 0.3) is 0 Å². The summed E-state index contributed by atoms with van der Waals surface area (Å²) in [6.07, 6.45) is 0. The summed E-state index contributed by atoms with van der Waals surface area (Å²) in [5.74, 6) is 0.610. The molecule has 0 amide bonds. The van der Waals surface area contributed by atoms with Gasteiger partial charge in [0.1, 0.15) is 5.52 Å². The molecule has 0 radical (unpaired) electrons. The molecular weight excluding hydrogens is 259 g/mol. The van der Waals surface area contributed by atoms with E-state index in [9.17, 15) is 0 Å². The van der Waals surface area contributed by atoms with E-state index in [1.165, 1.54) is 0 Å². The summed E-state index contributed by atoms with van der Waals surface area (Å²) in [5.41, 5.74) is 1.29. The Labute approximate surface area is 110 Å². The molecule has 17 heavy (non-hydrogen) atoms. The molecule has 2 aromatic rings. The molecule has 0 spiro atoms. The average molecular weight is 273 g/mol. The van der Waals surface area contributed by atoms with E-state index in [0.29, 0.717) is 33.6 Å². The zero-order valence-corrected chi connectivity index (χ0v) is 11.5. The molecule has 2 rings (SSSR count). The second kappa shape index (κ2) is 4.48. The summed E-state index contributed by atoms with van der Waals surface area (Å²) in [6, 6.07) is 3.39. The number of aromatic nitrogens is 1. The van der Waals surface area contributed by atoms with Crippen LogP contribution in [0.5, 0.6) is 0 Å².